The molecule has 92 valence electrons. The Morgan fingerprint density at radius 3 is 2.56 bits per heavy atom. The number of carboxylic acids is 1. The van der Waals surface area contributed by atoms with Crippen molar-refractivity contribution in [2.45, 2.75) is 6.54 Å². The van der Waals surface area contributed by atoms with Gasteiger partial charge in [-0.2, -0.15) is 5.10 Å². The van der Waals surface area contributed by atoms with Crippen LogP contribution < -0.4 is 5.43 Å². The van der Waals surface area contributed by atoms with E-state index in [1.54, 1.807) is 0 Å². The molecule has 0 amide bonds. The van der Waals surface area contributed by atoms with Crippen molar-refractivity contribution in [3.63, 3.8) is 0 Å². The fourth-order valence-corrected chi connectivity index (χ4v) is 1.52. The van der Waals surface area contributed by atoms with Crippen LogP contribution in [-0.4, -0.2) is 26.0 Å². The molecule has 1 aromatic heterocycles. The number of hydrogen-bond acceptors (Lipinski definition) is 4. The molecule has 0 unspecified atom stereocenters. The molecule has 2 aromatic rings. The van der Waals surface area contributed by atoms with E-state index in [1.807, 2.05) is 30.3 Å². The van der Waals surface area contributed by atoms with Gasteiger partial charge >= 0.3 is 5.97 Å². The zero-order valence-corrected chi connectivity index (χ0v) is 9.28. The average molecular weight is 246 g/mol. The van der Waals surface area contributed by atoms with Crippen molar-refractivity contribution in [2.24, 2.45) is 0 Å². The zero-order chi connectivity index (χ0) is 13.1. The molecule has 0 radical (unpaired) electrons. The third kappa shape index (κ3) is 2.37. The average Bonchev–Trinajstić information content (AvgIpc) is 2.34. The highest BCUT2D eigenvalue weighted by Crippen LogP contribution is 2.05. The fourth-order valence-electron chi connectivity index (χ4n) is 1.52. The van der Waals surface area contributed by atoms with Crippen LogP contribution >= 0.6 is 0 Å². The molecule has 0 saturated carbocycles. The van der Waals surface area contributed by atoms with Crippen molar-refractivity contribution in [3.8, 4) is 5.75 Å². The van der Waals surface area contributed by atoms with Gasteiger partial charge in [-0.05, 0) is 5.56 Å². The van der Waals surface area contributed by atoms with Crippen LogP contribution in [0.1, 0.15) is 16.1 Å². The standard InChI is InChI=1S/C12H10N2O4/c15-9-7-14(6-8-4-2-1-3-5-8)13-10(11(9)16)12(17)18/h1-5,7,15H,6H2,(H,17,18). The largest absolute Gasteiger partial charge is 0.503 e. The molecule has 6 heteroatoms. The molecule has 0 aliphatic carbocycles. The van der Waals surface area contributed by atoms with Crippen LogP contribution in [0.2, 0.25) is 0 Å². The number of carboxylic acid groups (broad SMARTS) is 1. The van der Waals surface area contributed by atoms with Gasteiger partial charge in [0.05, 0.1) is 12.7 Å². The molecule has 0 aliphatic rings. The van der Waals surface area contributed by atoms with E-state index in [2.05, 4.69) is 5.10 Å². The Morgan fingerprint density at radius 1 is 1.28 bits per heavy atom. The predicted octanol–water partition coefficient (Wildman–Crippen LogP) is 0.695. The van der Waals surface area contributed by atoms with Gasteiger partial charge < -0.3 is 10.2 Å². The molecule has 0 spiro atoms. The van der Waals surface area contributed by atoms with Crippen molar-refractivity contribution < 1.29 is 15.0 Å². The third-order valence-electron chi connectivity index (χ3n) is 2.34. The molecular weight excluding hydrogens is 236 g/mol. The number of aromatic nitrogens is 2. The lowest BCUT2D eigenvalue weighted by Gasteiger charge is -2.06. The number of aromatic carboxylic acids is 1. The minimum absolute atomic E-state index is 0.273. The molecule has 0 bridgehead atoms. The van der Waals surface area contributed by atoms with E-state index >= 15 is 0 Å². The Bertz CT molecular complexity index is 634. The maximum absolute atomic E-state index is 11.3. The van der Waals surface area contributed by atoms with Crippen LogP contribution in [0.5, 0.6) is 5.75 Å². The second-order valence-electron chi connectivity index (χ2n) is 3.68. The maximum atomic E-state index is 11.3. The lowest BCUT2D eigenvalue weighted by molar-refractivity contribution is 0.0685. The van der Waals surface area contributed by atoms with Crippen molar-refractivity contribution >= 4 is 5.97 Å². The summed E-state index contributed by atoms with van der Waals surface area (Å²) in [6.07, 6.45) is 1.11. The van der Waals surface area contributed by atoms with Crippen LogP contribution in [0.3, 0.4) is 0 Å². The summed E-state index contributed by atoms with van der Waals surface area (Å²) in [5, 5.41) is 21.8. The Kier molecular flexibility index (Phi) is 3.09. The quantitative estimate of drug-likeness (QED) is 0.831. The van der Waals surface area contributed by atoms with Crippen molar-refractivity contribution in [1.82, 2.24) is 9.78 Å². The third-order valence-corrected chi connectivity index (χ3v) is 2.34. The number of nitrogens with zero attached hydrogens (tertiary/aromatic N) is 2. The lowest BCUT2D eigenvalue weighted by atomic mass is 10.2. The SMILES string of the molecule is O=C(O)c1nn(Cc2ccccc2)cc(O)c1=O. The highest BCUT2D eigenvalue weighted by atomic mass is 16.4. The minimum atomic E-state index is -1.46. The first-order chi connectivity index (χ1) is 8.58. The van der Waals surface area contributed by atoms with E-state index in [9.17, 15) is 14.7 Å². The van der Waals surface area contributed by atoms with Gasteiger partial charge in [0.1, 0.15) is 0 Å². The first-order valence-corrected chi connectivity index (χ1v) is 5.16. The van der Waals surface area contributed by atoms with Crippen LogP contribution in [-0.2, 0) is 6.54 Å². The Hall–Kier alpha value is -2.63. The summed E-state index contributed by atoms with van der Waals surface area (Å²) in [6.45, 7) is 0.273. The first-order valence-electron chi connectivity index (χ1n) is 5.16. The molecule has 0 saturated heterocycles. The monoisotopic (exact) mass is 246 g/mol. The van der Waals surface area contributed by atoms with Gasteiger partial charge in [-0.15, -0.1) is 0 Å². The summed E-state index contributed by atoms with van der Waals surface area (Å²) in [5.74, 6) is -2.09. The summed E-state index contributed by atoms with van der Waals surface area (Å²) in [7, 11) is 0. The van der Waals surface area contributed by atoms with Crippen molar-refractivity contribution in [2.75, 3.05) is 0 Å². The van der Waals surface area contributed by atoms with E-state index in [1.165, 1.54) is 4.68 Å². The van der Waals surface area contributed by atoms with E-state index in [-0.39, 0.29) is 6.54 Å². The molecule has 2 N–H and O–H groups in total. The van der Waals surface area contributed by atoms with Crippen molar-refractivity contribution in [1.29, 1.82) is 0 Å². The topological polar surface area (TPSA) is 92.4 Å². The van der Waals surface area contributed by atoms with Gasteiger partial charge in [0.2, 0.25) is 5.69 Å². The molecule has 6 nitrogen and oxygen atoms in total. The summed E-state index contributed by atoms with van der Waals surface area (Å²) < 4.78 is 1.22. The van der Waals surface area contributed by atoms with Gasteiger partial charge in [-0.25, -0.2) is 4.79 Å². The fraction of sp³-hybridized carbons (Fsp3) is 0.0833. The van der Waals surface area contributed by atoms with Crippen molar-refractivity contribution in [3.05, 3.63) is 58.0 Å². The first kappa shape index (κ1) is 11.8. The van der Waals surface area contributed by atoms with Gasteiger partial charge in [-0.3, -0.25) is 9.48 Å². The number of aromatic hydroxyl groups is 1. The molecule has 0 aliphatic heterocycles. The van der Waals surface area contributed by atoms with E-state index in [4.69, 9.17) is 5.11 Å². The highest BCUT2D eigenvalue weighted by molar-refractivity contribution is 5.85. The molecule has 0 atom stereocenters. The summed E-state index contributed by atoms with van der Waals surface area (Å²) in [4.78, 5) is 22.1. The predicted molar refractivity (Wildman–Crippen MR) is 62.7 cm³/mol. The summed E-state index contributed by atoms with van der Waals surface area (Å²) in [6, 6.07) is 9.17. The van der Waals surface area contributed by atoms with Gasteiger partial charge in [0.15, 0.2) is 5.75 Å². The molecule has 2 rings (SSSR count). The normalized spacial score (nSPS) is 10.2. The lowest BCUT2D eigenvalue weighted by Crippen LogP contribution is -2.21. The Balaban J connectivity index is 2.41. The molecule has 1 heterocycles. The van der Waals surface area contributed by atoms with Gasteiger partial charge in [0.25, 0.3) is 5.43 Å². The van der Waals surface area contributed by atoms with E-state index < -0.39 is 22.8 Å². The molecular formula is C12H10N2O4. The number of rotatable bonds is 3. The second-order valence-corrected chi connectivity index (χ2v) is 3.68. The van der Waals surface area contributed by atoms with Gasteiger partial charge in [-0.1, -0.05) is 30.3 Å². The Morgan fingerprint density at radius 2 is 1.94 bits per heavy atom. The Labute approximate surface area is 102 Å². The minimum Gasteiger partial charge on any atom is -0.503 e. The molecule has 1 aromatic carbocycles. The van der Waals surface area contributed by atoms with E-state index in [0.717, 1.165) is 11.8 Å². The zero-order valence-electron chi connectivity index (χ0n) is 9.28. The van der Waals surface area contributed by atoms with Gasteiger partial charge in [0, 0.05) is 0 Å². The number of carbonyl (C=O) groups is 1. The number of hydrogen-bond donors (Lipinski definition) is 2. The summed E-state index contributed by atoms with van der Waals surface area (Å²) in [5.41, 5.74) is -0.790. The number of benzene rings is 1. The highest BCUT2D eigenvalue weighted by Gasteiger charge is 2.15. The van der Waals surface area contributed by atoms with Crippen LogP contribution in [0.15, 0.2) is 41.3 Å². The maximum Gasteiger partial charge on any atom is 0.360 e. The molecule has 18 heavy (non-hydrogen) atoms. The summed E-state index contributed by atoms with van der Waals surface area (Å²) >= 11 is 0. The van der Waals surface area contributed by atoms with E-state index in [0.29, 0.717) is 0 Å². The smallest absolute Gasteiger partial charge is 0.360 e. The van der Waals surface area contributed by atoms with Crippen LogP contribution in [0.25, 0.3) is 0 Å². The van der Waals surface area contributed by atoms with Crippen LogP contribution in [0.4, 0.5) is 0 Å². The second kappa shape index (κ2) is 4.70. The molecule has 0 fully saturated rings. The van der Waals surface area contributed by atoms with Crippen LogP contribution in [0, 0.1) is 0 Å².